The normalized spacial score (nSPS) is 10.8. The number of likely N-dealkylation sites (N-methyl/N-ethyl adjacent to an activating group) is 1. The molecule has 5 nitrogen and oxygen atoms in total. The van der Waals surface area contributed by atoms with Crippen molar-refractivity contribution < 1.29 is 4.79 Å². The molecule has 0 aromatic carbocycles. The van der Waals surface area contributed by atoms with Gasteiger partial charge in [-0.1, -0.05) is 0 Å². The standard InChI is InChI=1S/C14H18N4OS/c1-10-12(13(19)16-7-8-18(2)3)20-14(17-10)11-5-4-6-15-9-11/h4-6,9H,7-8H2,1-3H3,(H,16,19). The molecule has 0 saturated carbocycles. The third-order valence-corrected chi connectivity index (χ3v) is 3.96. The first-order valence-electron chi connectivity index (χ1n) is 6.38. The Morgan fingerprint density at radius 3 is 2.90 bits per heavy atom. The first-order valence-corrected chi connectivity index (χ1v) is 7.20. The molecule has 0 radical (unpaired) electrons. The smallest absolute Gasteiger partial charge is 0.263 e. The number of nitrogens with one attached hydrogen (secondary N) is 1. The molecule has 1 N–H and O–H groups in total. The Morgan fingerprint density at radius 2 is 2.25 bits per heavy atom. The van der Waals surface area contributed by atoms with Crippen LogP contribution in [0.25, 0.3) is 10.6 Å². The van der Waals surface area contributed by atoms with Gasteiger partial charge in [-0.05, 0) is 33.2 Å². The number of nitrogens with zero attached hydrogens (tertiary/aromatic N) is 3. The van der Waals surface area contributed by atoms with E-state index in [9.17, 15) is 4.79 Å². The number of amides is 1. The minimum atomic E-state index is -0.0583. The van der Waals surface area contributed by atoms with Gasteiger partial charge in [0.2, 0.25) is 0 Å². The first kappa shape index (κ1) is 14.6. The number of rotatable bonds is 5. The molecule has 0 atom stereocenters. The summed E-state index contributed by atoms with van der Waals surface area (Å²) in [4.78, 5) is 23.3. The zero-order chi connectivity index (χ0) is 14.5. The monoisotopic (exact) mass is 290 g/mol. The van der Waals surface area contributed by atoms with Crippen molar-refractivity contribution in [1.82, 2.24) is 20.2 Å². The van der Waals surface area contributed by atoms with E-state index in [1.165, 1.54) is 11.3 Å². The predicted octanol–water partition coefficient (Wildman–Crippen LogP) is 1.80. The van der Waals surface area contributed by atoms with E-state index >= 15 is 0 Å². The van der Waals surface area contributed by atoms with Gasteiger partial charge in [-0.3, -0.25) is 9.78 Å². The lowest BCUT2D eigenvalue weighted by molar-refractivity contribution is 0.0954. The molecule has 106 valence electrons. The van der Waals surface area contributed by atoms with Gasteiger partial charge in [-0.25, -0.2) is 4.98 Å². The summed E-state index contributed by atoms with van der Waals surface area (Å²) in [5, 5.41) is 3.74. The fraction of sp³-hybridized carbons (Fsp3) is 0.357. The maximum atomic E-state index is 12.1. The van der Waals surface area contributed by atoms with Crippen molar-refractivity contribution in [2.24, 2.45) is 0 Å². The van der Waals surface area contributed by atoms with E-state index in [2.05, 4.69) is 15.3 Å². The lowest BCUT2D eigenvalue weighted by atomic mass is 10.3. The highest BCUT2D eigenvalue weighted by Crippen LogP contribution is 2.27. The number of carbonyl (C=O) groups excluding carboxylic acids is 1. The number of aromatic nitrogens is 2. The molecule has 0 unspecified atom stereocenters. The van der Waals surface area contributed by atoms with Crippen LogP contribution in [0.1, 0.15) is 15.4 Å². The first-order chi connectivity index (χ1) is 9.58. The second-order valence-corrected chi connectivity index (χ2v) is 5.73. The number of hydrogen-bond acceptors (Lipinski definition) is 5. The summed E-state index contributed by atoms with van der Waals surface area (Å²) in [6.45, 7) is 3.31. The molecule has 2 aromatic rings. The van der Waals surface area contributed by atoms with Crippen LogP contribution in [0.3, 0.4) is 0 Å². The zero-order valence-corrected chi connectivity index (χ0v) is 12.7. The van der Waals surface area contributed by atoms with Crippen molar-refractivity contribution >= 4 is 17.2 Å². The highest BCUT2D eigenvalue weighted by molar-refractivity contribution is 7.17. The Morgan fingerprint density at radius 1 is 1.45 bits per heavy atom. The van der Waals surface area contributed by atoms with Crippen molar-refractivity contribution in [3.05, 3.63) is 35.1 Å². The number of pyridine rings is 1. The molecule has 0 aliphatic carbocycles. The van der Waals surface area contributed by atoms with Crippen LogP contribution in [-0.4, -0.2) is 48.0 Å². The lowest BCUT2D eigenvalue weighted by Crippen LogP contribution is -2.31. The van der Waals surface area contributed by atoms with Gasteiger partial charge in [-0.2, -0.15) is 0 Å². The molecule has 0 saturated heterocycles. The molecule has 0 fully saturated rings. The zero-order valence-electron chi connectivity index (χ0n) is 11.9. The Labute approximate surface area is 122 Å². The molecule has 1 amide bonds. The SMILES string of the molecule is Cc1nc(-c2cccnc2)sc1C(=O)NCCN(C)C. The largest absolute Gasteiger partial charge is 0.350 e. The highest BCUT2D eigenvalue weighted by atomic mass is 32.1. The van der Waals surface area contributed by atoms with Crippen LogP contribution in [0, 0.1) is 6.92 Å². The van der Waals surface area contributed by atoms with E-state index in [0.29, 0.717) is 11.4 Å². The summed E-state index contributed by atoms with van der Waals surface area (Å²) in [6, 6.07) is 3.81. The van der Waals surface area contributed by atoms with Gasteiger partial charge in [0, 0.05) is 31.0 Å². The summed E-state index contributed by atoms with van der Waals surface area (Å²) in [5.74, 6) is -0.0583. The van der Waals surface area contributed by atoms with Gasteiger partial charge in [0.1, 0.15) is 9.88 Å². The average molecular weight is 290 g/mol. The third kappa shape index (κ3) is 3.61. The van der Waals surface area contributed by atoms with Crippen LogP contribution in [0.15, 0.2) is 24.5 Å². The molecule has 2 aromatic heterocycles. The Hall–Kier alpha value is -1.79. The van der Waals surface area contributed by atoms with Crippen LogP contribution < -0.4 is 5.32 Å². The van der Waals surface area contributed by atoms with Crippen molar-refractivity contribution in [3.8, 4) is 10.6 Å². The van der Waals surface area contributed by atoms with E-state index < -0.39 is 0 Å². The molecule has 0 aliphatic heterocycles. The van der Waals surface area contributed by atoms with E-state index in [1.807, 2.05) is 38.1 Å². The predicted molar refractivity (Wildman–Crippen MR) is 81.0 cm³/mol. The molecule has 2 rings (SSSR count). The number of thiazole rings is 1. The molecule has 0 bridgehead atoms. The molecular formula is C14H18N4OS. The molecule has 0 aliphatic rings. The van der Waals surface area contributed by atoms with E-state index in [0.717, 1.165) is 22.8 Å². The van der Waals surface area contributed by atoms with Gasteiger partial charge in [0.05, 0.1) is 5.69 Å². The number of aryl methyl sites for hydroxylation is 1. The minimum absolute atomic E-state index is 0.0583. The lowest BCUT2D eigenvalue weighted by Gasteiger charge is -2.09. The van der Waals surface area contributed by atoms with E-state index in [-0.39, 0.29) is 5.91 Å². The molecular weight excluding hydrogens is 272 g/mol. The van der Waals surface area contributed by atoms with Crippen LogP contribution in [0.2, 0.25) is 0 Å². The summed E-state index contributed by atoms with van der Waals surface area (Å²) >= 11 is 1.40. The van der Waals surface area contributed by atoms with Gasteiger partial charge >= 0.3 is 0 Å². The van der Waals surface area contributed by atoms with Crippen molar-refractivity contribution in [1.29, 1.82) is 0 Å². The summed E-state index contributed by atoms with van der Waals surface area (Å²) < 4.78 is 0. The summed E-state index contributed by atoms with van der Waals surface area (Å²) in [6.07, 6.45) is 3.48. The average Bonchev–Trinajstić information content (AvgIpc) is 2.81. The minimum Gasteiger partial charge on any atom is -0.350 e. The highest BCUT2D eigenvalue weighted by Gasteiger charge is 2.15. The fourth-order valence-corrected chi connectivity index (χ4v) is 2.67. The number of carbonyl (C=O) groups is 1. The quantitative estimate of drug-likeness (QED) is 0.912. The van der Waals surface area contributed by atoms with E-state index in [1.54, 1.807) is 12.4 Å². The molecule has 2 heterocycles. The van der Waals surface area contributed by atoms with Crippen molar-refractivity contribution in [2.45, 2.75) is 6.92 Å². The molecule has 20 heavy (non-hydrogen) atoms. The van der Waals surface area contributed by atoms with Crippen LogP contribution in [0.4, 0.5) is 0 Å². The van der Waals surface area contributed by atoms with Crippen LogP contribution >= 0.6 is 11.3 Å². The van der Waals surface area contributed by atoms with E-state index in [4.69, 9.17) is 0 Å². The Bertz CT molecular complexity index is 580. The second kappa shape index (κ2) is 6.58. The molecule has 0 spiro atoms. The summed E-state index contributed by atoms with van der Waals surface area (Å²) in [5.41, 5.74) is 1.70. The topological polar surface area (TPSA) is 58.1 Å². The Kier molecular flexibility index (Phi) is 4.81. The van der Waals surface area contributed by atoms with Gasteiger partial charge in [-0.15, -0.1) is 11.3 Å². The van der Waals surface area contributed by atoms with Crippen molar-refractivity contribution in [2.75, 3.05) is 27.2 Å². The van der Waals surface area contributed by atoms with Crippen LogP contribution in [0.5, 0.6) is 0 Å². The van der Waals surface area contributed by atoms with Gasteiger partial charge < -0.3 is 10.2 Å². The van der Waals surface area contributed by atoms with Crippen molar-refractivity contribution in [3.63, 3.8) is 0 Å². The molecule has 6 heteroatoms. The maximum Gasteiger partial charge on any atom is 0.263 e. The Balaban J connectivity index is 2.10. The third-order valence-electron chi connectivity index (χ3n) is 2.76. The maximum absolute atomic E-state index is 12.1. The summed E-state index contributed by atoms with van der Waals surface area (Å²) in [7, 11) is 3.95. The fourth-order valence-electron chi connectivity index (χ4n) is 1.69. The van der Waals surface area contributed by atoms with Gasteiger partial charge in [0.15, 0.2) is 0 Å². The number of hydrogen-bond donors (Lipinski definition) is 1. The second-order valence-electron chi connectivity index (χ2n) is 4.73. The van der Waals surface area contributed by atoms with Gasteiger partial charge in [0.25, 0.3) is 5.91 Å². The van der Waals surface area contributed by atoms with Crippen LogP contribution in [-0.2, 0) is 0 Å².